The minimum Gasteiger partial charge on any atom is -0.496 e. The van der Waals surface area contributed by atoms with Crippen LogP contribution in [0.4, 0.5) is 0 Å². The number of ether oxygens (including phenoxy) is 1. The van der Waals surface area contributed by atoms with Crippen LogP contribution in [0.3, 0.4) is 0 Å². The summed E-state index contributed by atoms with van der Waals surface area (Å²) < 4.78 is 7.64. The Morgan fingerprint density at radius 1 is 0.941 bits per heavy atom. The molecule has 0 aliphatic carbocycles. The molecule has 0 aliphatic heterocycles. The molecular weight excluding hydrogens is 424 g/mol. The van der Waals surface area contributed by atoms with Gasteiger partial charge in [0.1, 0.15) is 11.3 Å². The second-order valence-corrected chi connectivity index (χ2v) is 9.46. The zero-order chi connectivity index (χ0) is 23.9. The van der Waals surface area contributed by atoms with E-state index in [0.717, 1.165) is 44.8 Å². The second-order valence-electron chi connectivity index (χ2n) is 9.46. The van der Waals surface area contributed by atoms with E-state index in [1.165, 1.54) is 0 Å². The largest absolute Gasteiger partial charge is 0.496 e. The van der Waals surface area contributed by atoms with Gasteiger partial charge < -0.3 is 14.4 Å². The first kappa shape index (κ1) is 21.8. The van der Waals surface area contributed by atoms with Crippen LogP contribution in [-0.2, 0) is 12.0 Å². The van der Waals surface area contributed by atoms with Gasteiger partial charge in [-0.05, 0) is 41.0 Å². The number of aromatic nitrogens is 4. The van der Waals surface area contributed by atoms with E-state index in [9.17, 15) is 5.11 Å². The van der Waals surface area contributed by atoms with Crippen LogP contribution in [0.15, 0.2) is 73.1 Å². The van der Waals surface area contributed by atoms with Crippen molar-refractivity contribution in [1.29, 1.82) is 0 Å². The smallest absolute Gasteiger partial charge is 0.218 e. The van der Waals surface area contributed by atoms with Gasteiger partial charge in [-0.1, -0.05) is 57.2 Å². The zero-order valence-corrected chi connectivity index (χ0v) is 19.8. The molecule has 0 amide bonds. The van der Waals surface area contributed by atoms with E-state index in [1.807, 2.05) is 41.0 Å². The first-order valence-electron chi connectivity index (χ1n) is 11.3. The summed E-state index contributed by atoms with van der Waals surface area (Å²) in [5.74, 6) is 0.911. The summed E-state index contributed by atoms with van der Waals surface area (Å²) in [5.41, 5.74) is 6.46. The standard InChI is InChI=1S/C28H28N4O2/c1-28(2,3)26-23-24(30-31-26)27(33)32(25(23)21-7-5-6-8-22(21)34-4)17-18-9-11-19(12-10-18)20-13-15-29-16-14-20/h5-16,30,33H,17H2,1-4H3. The van der Waals surface area contributed by atoms with Crippen molar-refractivity contribution in [1.82, 2.24) is 19.7 Å². The van der Waals surface area contributed by atoms with Gasteiger partial charge in [-0.3, -0.25) is 10.1 Å². The number of para-hydroxylation sites is 1. The molecule has 0 saturated heterocycles. The highest BCUT2D eigenvalue weighted by Gasteiger charge is 2.29. The Labute approximate surface area is 198 Å². The van der Waals surface area contributed by atoms with Crippen molar-refractivity contribution in [3.05, 3.63) is 84.3 Å². The molecule has 0 fully saturated rings. The van der Waals surface area contributed by atoms with E-state index in [2.05, 4.69) is 60.2 Å². The van der Waals surface area contributed by atoms with Crippen LogP contribution >= 0.6 is 0 Å². The van der Waals surface area contributed by atoms with Crippen LogP contribution < -0.4 is 4.74 Å². The van der Waals surface area contributed by atoms with Crippen LogP contribution in [0.1, 0.15) is 32.0 Å². The molecule has 2 aromatic carbocycles. The topological polar surface area (TPSA) is 76.0 Å². The monoisotopic (exact) mass is 452 g/mol. The van der Waals surface area contributed by atoms with E-state index in [4.69, 9.17) is 4.74 Å². The average Bonchev–Trinajstić information content (AvgIpc) is 3.39. The maximum Gasteiger partial charge on any atom is 0.218 e. The molecule has 6 heteroatoms. The molecule has 0 radical (unpaired) electrons. The molecular formula is C28H28N4O2. The average molecular weight is 453 g/mol. The first-order chi connectivity index (χ1) is 16.4. The molecule has 5 aromatic rings. The lowest BCUT2D eigenvalue weighted by Gasteiger charge is -2.18. The fraction of sp³-hybridized carbons (Fsp3) is 0.214. The van der Waals surface area contributed by atoms with Gasteiger partial charge in [-0.2, -0.15) is 5.10 Å². The minimum atomic E-state index is -0.209. The van der Waals surface area contributed by atoms with Crippen molar-refractivity contribution in [2.24, 2.45) is 0 Å². The van der Waals surface area contributed by atoms with Crippen molar-refractivity contribution in [3.8, 4) is 34.0 Å². The minimum absolute atomic E-state index is 0.164. The molecule has 0 atom stereocenters. The number of fused-ring (bicyclic) bond motifs is 1. The summed E-state index contributed by atoms with van der Waals surface area (Å²) in [5, 5.41) is 19.9. The number of pyridine rings is 1. The van der Waals surface area contributed by atoms with E-state index in [0.29, 0.717) is 12.1 Å². The van der Waals surface area contributed by atoms with Crippen LogP contribution in [0.25, 0.3) is 33.3 Å². The second kappa shape index (κ2) is 8.37. The summed E-state index contributed by atoms with van der Waals surface area (Å²) in [7, 11) is 1.67. The molecule has 0 aliphatic rings. The molecule has 0 bridgehead atoms. The molecule has 172 valence electrons. The van der Waals surface area contributed by atoms with E-state index in [1.54, 1.807) is 19.5 Å². The number of aromatic hydroxyl groups is 1. The Morgan fingerprint density at radius 2 is 1.62 bits per heavy atom. The number of nitrogens with zero attached hydrogens (tertiary/aromatic N) is 3. The third-order valence-electron chi connectivity index (χ3n) is 6.13. The number of aromatic amines is 1. The molecule has 34 heavy (non-hydrogen) atoms. The predicted molar refractivity (Wildman–Crippen MR) is 135 cm³/mol. The van der Waals surface area contributed by atoms with Crippen molar-refractivity contribution in [2.75, 3.05) is 7.11 Å². The van der Waals surface area contributed by atoms with Gasteiger partial charge in [0.05, 0.1) is 30.4 Å². The third kappa shape index (κ3) is 3.71. The maximum atomic E-state index is 11.3. The normalized spacial score (nSPS) is 11.8. The molecule has 5 rings (SSSR count). The van der Waals surface area contributed by atoms with Gasteiger partial charge in [-0.25, -0.2) is 0 Å². The third-order valence-corrected chi connectivity index (χ3v) is 6.13. The van der Waals surface area contributed by atoms with Crippen LogP contribution in [0.2, 0.25) is 0 Å². The van der Waals surface area contributed by atoms with E-state index in [-0.39, 0.29) is 11.3 Å². The number of benzene rings is 2. The number of hydrogen-bond acceptors (Lipinski definition) is 4. The van der Waals surface area contributed by atoms with Crippen molar-refractivity contribution in [2.45, 2.75) is 32.7 Å². The lowest BCUT2D eigenvalue weighted by molar-refractivity contribution is 0.414. The predicted octanol–water partition coefficient (Wildman–Crippen LogP) is 6.15. The number of hydrogen-bond donors (Lipinski definition) is 2. The summed E-state index contributed by atoms with van der Waals surface area (Å²) in [6, 6.07) is 20.3. The first-order valence-corrected chi connectivity index (χ1v) is 11.3. The van der Waals surface area contributed by atoms with Gasteiger partial charge in [0.2, 0.25) is 5.88 Å². The highest BCUT2D eigenvalue weighted by Crippen LogP contribution is 2.44. The fourth-order valence-corrected chi connectivity index (χ4v) is 4.46. The highest BCUT2D eigenvalue weighted by molar-refractivity contribution is 6.01. The Hall–Kier alpha value is -4.06. The van der Waals surface area contributed by atoms with Crippen molar-refractivity contribution >= 4 is 10.9 Å². The van der Waals surface area contributed by atoms with Crippen molar-refractivity contribution < 1.29 is 9.84 Å². The van der Waals surface area contributed by atoms with E-state index < -0.39 is 0 Å². The van der Waals surface area contributed by atoms with Crippen LogP contribution in [0.5, 0.6) is 11.6 Å². The Morgan fingerprint density at radius 3 is 2.29 bits per heavy atom. The van der Waals surface area contributed by atoms with Crippen LogP contribution in [-0.4, -0.2) is 32.0 Å². The van der Waals surface area contributed by atoms with Gasteiger partial charge >= 0.3 is 0 Å². The highest BCUT2D eigenvalue weighted by atomic mass is 16.5. The fourth-order valence-electron chi connectivity index (χ4n) is 4.46. The summed E-state index contributed by atoms with van der Waals surface area (Å²) in [6.45, 7) is 6.88. The van der Waals surface area contributed by atoms with E-state index >= 15 is 0 Å². The molecule has 3 aromatic heterocycles. The van der Waals surface area contributed by atoms with Crippen molar-refractivity contribution in [3.63, 3.8) is 0 Å². The van der Waals surface area contributed by atoms with Gasteiger partial charge in [0.15, 0.2) is 0 Å². The Kier molecular flexibility index (Phi) is 5.36. The Balaban J connectivity index is 1.67. The van der Waals surface area contributed by atoms with Crippen LogP contribution in [0, 0.1) is 0 Å². The number of nitrogens with one attached hydrogen (secondary N) is 1. The van der Waals surface area contributed by atoms with Gasteiger partial charge in [0.25, 0.3) is 0 Å². The number of H-pyrrole nitrogens is 1. The lowest BCUT2D eigenvalue weighted by atomic mass is 9.89. The summed E-state index contributed by atoms with van der Waals surface area (Å²) in [6.07, 6.45) is 3.59. The zero-order valence-electron chi connectivity index (χ0n) is 19.8. The number of rotatable bonds is 5. The number of methoxy groups -OCH3 is 1. The molecule has 0 spiro atoms. The molecule has 0 unspecified atom stereocenters. The molecule has 2 N–H and O–H groups in total. The molecule has 0 saturated carbocycles. The summed E-state index contributed by atoms with van der Waals surface area (Å²) >= 11 is 0. The molecule has 6 nitrogen and oxygen atoms in total. The van der Waals surface area contributed by atoms with Gasteiger partial charge in [0, 0.05) is 23.4 Å². The lowest BCUT2D eigenvalue weighted by Crippen LogP contribution is -2.13. The maximum absolute atomic E-state index is 11.3. The Bertz CT molecular complexity index is 1440. The quantitative estimate of drug-likeness (QED) is 0.335. The molecule has 3 heterocycles. The SMILES string of the molecule is COc1ccccc1-c1c2c(C(C)(C)C)n[nH]c2c(O)n1Cc1ccc(-c2ccncc2)cc1. The van der Waals surface area contributed by atoms with Gasteiger partial charge in [-0.15, -0.1) is 0 Å². The summed E-state index contributed by atoms with van der Waals surface area (Å²) in [4.78, 5) is 4.10.